The highest BCUT2D eigenvalue weighted by Crippen LogP contribution is 2.29. The van der Waals surface area contributed by atoms with E-state index in [1.807, 2.05) is 13.0 Å². The van der Waals surface area contributed by atoms with Crippen LogP contribution in [0.3, 0.4) is 0 Å². The normalized spacial score (nSPS) is 22.9. The van der Waals surface area contributed by atoms with Crippen molar-refractivity contribution in [1.29, 1.82) is 0 Å². The Bertz CT molecular complexity index is 538. The molecule has 0 saturated carbocycles. The van der Waals surface area contributed by atoms with Crippen molar-refractivity contribution in [2.24, 2.45) is 11.7 Å². The van der Waals surface area contributed by atoms with Gasteiger partial charge in [-0.2, -0.15) is 0 Å². The molecule has 2 unspecified atom stereocenters. The topological polar surface area (TPSA) is 76.5 Å². The van der Waals surface area contributed by atoms with Gasteiger partial charge in [0, 0.05) is 31.1 Å². The molecule has 6 heteroatoms. The molecule has 1 aromatic rings. The molecule has 114 valence electrons. The lowest BCUT2D eigenvalue weighted by Gasteiger charge is -2.32. The summed E-state index contributed by atoms with van der Waals surface area (Å²) in [4.78, 5) is 0. The van der Waals surface area contributed by atoms with Crippen LogP contribution in [0.1, 0.15) is 43.6 Å². The second-order valence-corrected chi connectivity index (χ2v) is 7.61. The van der Waals surface area contributed by atoms with Gasteiger partial charge in [0.05, 0.1) is 12.5 Å². The van der Waals surface area contributed by atoms with Gasteiger partial charge in [-0.15, -0.1) is 0 Å². The summed E-state index contributed by atoms with van der Waals surface area (Å²) in [6, 6.07) is 1.86. The molecule has 0 aromatic carbocycles. The van der Waals surface area contributed by atoms with Gasteiger partial charge >= 0.3 is 0 Å². The van der Waals surface area contributed by atoms with Gasteiger partial charge in [0.1, 0.15) is 5.76 Å². The summed E-state index contributed by atoms with van der Waals surface area (Å²) in [5, 5.41) is 0. The summed E-state index contributed by atoms with van der Waals surface area (Å²) in [6.45, 7) is 3.27. The number of nitrogens with zero attached hydrogens (tertiary/aromatic N) is 1. The van der Waals surface area contributed by atoms with Gasteiger partial charge < -0.3 is 10.2 Å². The fourth-order valence-electron chi connectivity index (χ4n) is 2.97. The highest BCUT2D eigenvalue weighted by Gasteiger charge is 2.27. The maximum atomic E-state index is 11.6. The fourth-order valence-corrected chi connectivity index (χ4v) is 3.92. The molecule has 2 heterocycles. The van der Waals surface area contributed by atoms with Gasteiger partial charge in [-0.05, 0) is 31.2 Å². The van der Waals surface area contributed by atoms with Crippen LogP contribution in [0.15, 0.2) is 16.7 Å². The van der Waals surface area contributed by atoms with E-state index < -0.39 is 10.0 Å². The monoisotopic (exact) mass is 300 g/mol. The van der Waals surface area contributed by atoms with E-state index in [1.165, 1.54) is 6.26 Å². The molecule has 0 spiro atoms. The van der Waals surface area contributed by atoms with Gasteiger partial charge in [-0.3, -0.25) is 0 Å². The molecule has 2 rings (SSSR count). The van der Waals surface area contributed by atoms with Gasteiger partial charge in [-0.25, -0.2) is 12.7 Å². The summed E-state index contributed by atoms with van der Waals surface area (Å²) in [7, 11) is -3.09. The van der Waals surface area contributed by atoms with Crippen LogP contribution in [0, 0.1) is 5.92 Å². The Morgan fingerprint density at radius 1 is 1.55 bits per heavy atom. The lowest BCUT2D eigenvalue weighted by molar-refractivity contribution is 0.246. The molecule has 2 N–H and O–H groups in total. The predicted octanol–water partition coefficient (Wildman–Crippen LogP) is 1.90. The summed E-state index contributed by atoms with van der Waals surface area (Å²) >= 11 is 0. The number of piperidine rings is 1. The molecule has 1 aromatic heterocycles. The molecule has 1 fully saturated rings. The summed E-state index contributed by atoms with van der Waals surface area (Å²) in [5.74, 6) is 1.27. The third-order valence-corrected chi connectivity index (χ3v) is 5.31. The second-order valence-electron chi connectivity index (χ2n) is 5.62. The van der Waals surface area contributed by atoms with Crippen LogP contribution in [0.2, 0.25) is 0 Å². The molecular weight excluding hydrogens is 276 g/mol. The maximum Gasteiger partial charge on any atom is 0.211 e. The Hall–Kier alpha value is -0.850. The third kappa shape index (κ3) is 3.62. The Morgan fingerprint density at radius 2 is 2.30 bits per heavy atom. The van der Waals surface area contributed by atoms with Gasteiger partial charge in [0.25, 0.3) is 0 Å². The number of nitrogens with two attached hydrogens (primary N) is 1. The Kier molecular flexibility index (Phi) is 4.88. The van der Waals surface area contributed by atoms with Crippen molar-refractivity contribution in [3.63, 3.8) is 0 Å². The minimum atomic E-state index is -3.09. The Morgan fingerprint density at radius 3 is 2.95 bits per heavy atom. The molecular formula is C14H24N2O3S. The van der Waals surface area contributed by atoms with Gasteiger partial charge in [-0.1, -0.05) is 6.92 Å². The average Bonchev–Trinajstić information content (AvgIpc) is 2.86. The van der Waals surface area contributed by atoms with E-state index in [0.717, 1.165) is 37.0 Å². The lowest BCUT2D eigenvalue weighted by atomic mass is 9.90. The summed E-state index contributed by atoms with van der Waals surface area (Å²) < 4.78 is 30.2. The minimum absolute atomic E-state index is 0.0757. The predicted molar refractivity (Wildman–Crippen MR) is 78.8 cm³/mol. The first kappa shape index (κ1) is 15.5. The molecule has 0 radical (unpaired) electrons. The van der Waals surface area contributed by atoms with E-state index in [9.17, 15) is 8.42 Å². The molecule has 0 amide bonds. The fraction of sp³-hybridized carbons (Fsp3) is 0.714. The number of aryl methyl sites for hydroxylation is 1. The van der Waals surface area contributed by atoms with Crippen molar-refractivity contribution >= 4 is 10.0 Å². The standard InChI is InChI=1S/C14H24N2O3S/c1-3-14-12(6-8-19-14)13(15)9-11-5-4-7-16(10-11)20(2,17)18/h6,8,11,13H,3-5,7,9-10,15H2,1-2H3. The quantitative estimate of drug-likeness (QED) is 0.901. The van der Waals surface area contributed by atoms with Crippen molar-refractivity contribution in [1.82, 2.24) is 4.31 Å². The zero-order chi connectivity index (χ0) is 14.8. The van der Waals surface area contributed by atoms with Crippen LogP contribution in [0.4, 0.5) is 0 Å². The molecule has 1 aliphatic heterocycles. The van der Waals surface area contributed by atoms with E-state index >= 15 is 0 Å². The molecule has 20 heavy (non-hydrogen) atoms. The van der Waals surface area contributed by atoms with Crippen molar-refractivity contribution in [2.75, 3.05) is 19.3 Å². The Balaban J connectivity index is 1.99. The number of furan rings is 1. The first-order valence-electron chi connectivity index (χ1n) is 7.18. The molecule has 1 aliphatic rings. The van der Waals surface area contributed by atoms with Crippen LogP contribution >= 0.6 is 0 Å². The first-order chi connectivity index (χ1) is 9.41. The van der Waals surface area contributed by atoms with E-state index in [0.29, 0.717) is 19.0 Å². The third-order valence-electron chi connectivity index (χ3n) is 4.04. The zero-order valence-corrected chi connectivity index (χ0v) is 13.0. The number of hydrogen-bond donors (Lipinski definition) is 1. The SMILES string of the molecule is CCc1occc1C(N)CC1CCCN(S(C)(=O)=O)C1. The van der Waals surface area contributed by atoms with Gasteiger partial charge in [0.2, 0.25) is 10.0 Å². The van der Waals surface area contributed by atoms with E-state index in [-0.39, 0.29) is 6.04 Å². The minimum Gasteiger partial charge on any atom is -0.469 e. The molecule has 5 nitrogen and oxygen atoms in total. The van der Waals surface area contributed by atoms with Crippen molar-refractivity contribution in [3.8, 4) is 0 Å². The largest absolute Gasteiger partial charge is 0.469 e. The van der Waals surface area contributed by atoms with E-state index in [1.54, 1.807) is 10.6 Å². The van der Waals surface area contributed by atoms with Crippen molar-refractivity contribution in [2.45, 2.75) is 38.6 Å². The second kappa shape index (κ2) is 6.28. The summed E-state index contributed by atoms with van der Waals surface area (Å²) in [5.41, 5.74) is 7.33. The van der Waals surface area contributed by atoms with Gasteiger partial charge in [0.15, 0.2) is 0 Å². The maximum absolute atomic E-state index is 11.6. The molecule has 2 atom stereocenters. The molecule has 0 aliphatic carbocycles. The molecule has 1 saturated heterocycles. The highest BCUT2D eigenvalue weighted by molar-refractivity contribution is 7.88. The number of sulfonamides is 1. The Labute approximate surface area is 121 Å². The van der Waals surface area contributed by atoms with Crippen LogP contribution in [0.5, 0.6) is 0 Å². The van der Waals surface area contributed by atoms with Crippen molar-refractivity contribution < 1.29 is 12.8 Å². The molecule has 0 bridgehead atoms. The zero-order valence-electron chi connectivity index (χ0n) is 12.2. The summed E-state index contributed by atoms with van der Waals surface area (Å²) in [6.07, 6.45) is 6.54. The highest BCUT2D eigenvalue weighted by atomic mass is 32.2. The van der Waals surface area contributed by atoms with E-state index in [4.69, 9.17) is 10.2 Å². The van der Waals surface area contributed by atoms with Crippen LogP contribution in [-0.2, 0) is 16.4 Å². The van der Waals surface area contributed by atoms with Crippen LogP contribution in [0.25, 0.3) is 0 Å². The van der Waals surface area contributed by atoms with E-state index in [2.05, 4.69) is 0 Å². The van der Waals surface area contributed by atoms with Crippen LogP contribution in [-0.4, -0.2) is 32.1 Å². The number of hydrogen-bond acceptors (Lipinski definition) is 4. The number of rotatable bonds is 5. The smallest absolute Gasteiger partial charge is 0.211 e. The lowest BCUT2D eigenvalue weighted by Crippen LogP contribution is -2.40. The van der Waals surface area contributed by atoms with Crippen molar-refractivity contribution in [3.05, 3.63) is 23.7 Å². The first-order valence-corrected chi connectivity index (χ1v) is 9.03. The average molecular weight is 300 g/mol. The van der Waals surface area contributed by atoms with Crippen LogP contribution < -0.4 is 5.73 Å².